The minimum absolute atomic E-state index is 0.102. The highest BCUT2D eigenvalue weighted by Gasteiger charge is 2.30. The Morgan fingerprint density at radius 2 is 1.00 bits per heavy atom. The molecule has 5 heteroatoms. The molecule has 0 N–H and O–H groups in total. The summed E-state index contributed by atoms with van der Waals surface area (Å²) in [5.74, 6) is -3.09. The van der Waals surface area contributed by atoms with Gasteiger partial charge in [0.25, 0.3) is 0 Å². The molecular formula is C27H17F4P. The van der Waals surface area contributed by atoms with Crippen LogP contribution >= 0.6 is 6.89 Å². The van der Waals surface area contributed by atoms with E-state index >= 15 is 8.78 Å². The monoisotopic (exact) mass is 448 g/mol. The van der Waals surface area contributed by atoms with Gasteiger partial charge in [-0.3, -0.25) is 0 Å². The van der Waals surface area contributed by atoms with Gasteiger partial charge in [0.05, 0.1) is 0 Å². The Morgan fingerprint density at radius 1 is 0.500 bits per heavy atom. The number of benzene rings is 5. The average molecular weight is 448 g/mol. The molecule has 0 aromatic heterocycles. The second kappa shape index (κ2) is 7.65. The third-order valence-electron chi connectivity index (χ3n) is 5.80. The van der Waals surface area contributed by atoms with Crippen molar-refractivity contribution in [2.45, 2.75) is 0 Å². The molecule has 0 atom stereocenters. The molecule has 0 fully saturated rings. The van der Waals surface area contributed by atoms with Crippen molar-refractivity contribution in [3.05, 3.63) is 114 Å². The van der Waals surface area contributed by atoms with E-state index in [0.29, 0.717) is 5.30 Å². The van der Waals surface area contributed by atoms with E-state index in [2.05, 4.69) is 6.30 Å². The predicted molar refractivity (Wildman–Crippen MR) is 127 cm³/mol. The molecular weight excluding hydrogens is 431 g/mol. The molecule has 0 radical (unpaired) electrons. The lowest BCUT2D eigenvalue weighted by molar-refractivity contribution is 0.588. The lowest BCUT2D eigenvalue weighted by Gasteiger charge is -2.29. The van der Waals surface area contributed by atoms with Crippen LogP contribution in [0, 0.1) is 23.3 Å². The number of hydrogen-bond donors (Lipinski definition) is 0. The second-order valence-electron chi connectivity index (χ2n) is 7.66. The van der Waals surface area contributed by atoms with Crippen molar-refractivity contribution in [3.8, 4) is 0 Å². The van der Waals surface area contributed by atoms with Crippen LogP contribution in [-0.4, -0.2) is 6.30 Å². The van der Waals surface area contributed by atoms with Crippen molar-refractivity contribution in [2.24, 2.45) is 0 Å². The lowest BCUT2D eigenvalue weighted by Crippen LogP contribution is -2.30. The molecule has 0 unspecified atom stereocenters. The second-order valence-corrected chi connectivity index (χ2v) is 10.7. The SMILES string of the molecule is C=P(c1ccc(F)cc1F)(c1ccc(F)cc1F)c1cc2ccccc2c2ccccc12. The molecule has 158 valence electrons. The van der Waals surface area contributed by atoms with E-state index in [1.807, 2.05) is 54.6 Å². The Bertz CT molecular complexity index is 1500. The zero-order valence-electron chi connectivity index (χ0n) is 16.8. The maximum Gasteiger partial charge on any atom is 0.134 e. The average Bonchev–Trinajstić information content (AvgIpc) is 2.78. The zero-order chi connectivity index (χ0) is 22.5. The van der Waals surface area contributed by atoms with Gasteiger partial charge in [-0.2, -0.15) is 0 Å². The van der Waals surface area contributed by atoms with Gasteiger partial charge >= 0.3 is 0 Å². The van der Waals surface area contributed by atoms with E-state index in [1.165, 1.54) is 12.1 Å². The van der Waals surface area contributed by atoms with Crippen molar-refractivity contribution in [1.29, 1.82) is 0 Å². The molecule has 0 heterocycles. The molecule has 0 saturated carbocycles. The Morgan fingerprint density at radius 3 is 1.56 bits per heavy atom. The summed E-state index contributed by atoms with van der Waals surface area (Å²) in [5.41, 5.74) is 0. The molecule has 0 bridgehead atoms. The van der Waals surface area contributed by atoms with Crippen LogP contribution in [0.4, 0.5) is 17.6 Å². The van der Waals surface area contributed by atoms with Gasteiger partial charge in [-0.05, 0) is 64.1 Å². The summed E-state index contributed by atoms with van der Waals surface area (Å²) in [5, 5.41) is 4.44. The lowest BCUT2D eigenvalue weighted by atomic mass is 10.0. The molecule has 0 saturated heterocycles. The third-order valence-corrected chi connectivity index (χ3v) is 9.36. The number of halogens is 4. The van der Waals surface area contributed by atoms with Gasteiger partial charge in [0.2, 0.25) is 0 Å². The third kappa shape index (κ3) is 3.14. The summed E-state index contributed by atoms with van der Waals surface area (Å²) in [7, 11) is 0. The molecule has 0 aliphatic heterocycles. The largest absolute Gasteiger partial charge is 0.207 e. The van der Waals surface area contributed by atoms with E-state index in [-0.39, 0.29) is 10.6 Å². The van der Waals surface area contributed by atoms with Crippen LogP contribution in [0.25, 0.3) is 21.5 Å². The molecule has 0 aliphatic carbocycles. The van der Waals surface area contributed by atoms with Crippen LogP contribution < -0.4 is 15.9 Å². The van der Waals surface area contributed by atoms with Gasteiger partial charge < -0.3 is 0 Å². The molecule has 5 aromatic rings. The molecule has 0 spiro atoms. The van der Waals surface area contributed by atoms with E-state index in [9.17, 15) is 8.78 Å². The van der Waals surface area contributed by atoms with E-state index in [1.54, 1.807) is 0 Å². The van der Waals surface area contributed by atoms with Crippen LogP contribution in [-0.2, 0) is 0 Å². The Kier molecular flexibility index (Phi) is 4.91. The molecule has 5 rings (SSSR count). The fourth-order valence-electron chi connectivity index (χ4n) is 4.32. The van der Waals surface area contributed by atoms with E-state index in [4.69, 9.17) is 0 Å². The first kappa shape index (κ1) is 20.5. The van der Waals surface area contributed by atoms with Gasteiger partial charge in [0.15, 0.2) is 0 Å². The summed E-state index contributed by atoms with van der Waals surface area (Å²) in [6.07, 6.45) is 4.40. The first-order valence-electron chi connectivity index (χ1n) is 9.95. The molecule has 5 aromatic carbocycles. The minimum atomic E-state index is -3.22. The fourth-order valence-corrected chi connectivity index (χ4v) is 7.58. The van der Waals surface area contributed by atoms with Gasteiger partial charge in [-0.15, -0.1) is 0 Å². The van der Waals surface area contributed by atoms with Crippen LogP contribution in [0.5, 0.6) is 0 Å². The summed E-state index contributed by atoms with van der Waals surface area (Å²) in [4.78, 5) is 0. The van der Waals surface area contributed by atoms with Gasteiger partial charge in [0, 0.05) is 22.7 Å². The van der Waals surface area contributed by atoms with Crippen molar-refractivity contribution < 1.29 is 17.6 Å². The molecule has 0 amide bonds. The van der Waals surface area contributed by atoms with Gasteiger partial charge in [-0.25, -0.2) is 17.6 Å². The van der Waals surface area contributed by atoms with Crippen molar-refractivity contribution >= 4 is 50.6 Å². The number of fused-ring (bicyclic) bond motifs is 3. The standard InChI is InChI=1S/C27H17F4P/c1-32(25-12-10-18(28)15-23(25)30,26-13-11-19(29)16-24(26)31)27-14-17-6-2-3-7-20(17)21-8-4-5-9-22(21)27/h2-16H,1H2. The Labute approximate surface area is 182 Å². The van der Waals surface area contributed by atoms with Gasteiger partial charge in [0.1, 0.15) is 23.3 Å². The zero-order valence-corrected chi connectivity index (χ0v) is 17.7. The fraction of sp³-hybridized carbons (Fsp3) is 0. The smallest absolute Gasteiger partial charge is 0.134 e. The van der Waals surface area contributed by atoms with E-state index < -0.39 is 30.2 Å². The highest BCUT2D eigenvalue weighted by atomic mass is 31.2. The summed E-state index contributed by atoms with van der Waals surface area (Å²) >= 11 is 0. The first-order valence-corrected chi connectivity index (χ1v) is 11.9. The summed E-state index contributed by atoms with van der Waals surface area (Å²) < 4.78 is 57.9. The first-order chi connectivity index (χ1) is 15.4. The highest BCUT2D eigenvalue weighted by molar-refractivity contribution is 7.93. The van der Waals surface area contributed by atoms with Crippen LogP contribution in [0.15, 0.2) is 91.0 Å². The van der Waals surface area contributed by atoms with Gasteiger partial charge in [-0.1, -0.05) is 54.8 Å². The molecule has 0 nitrogen and oxygen atoms in total. The van der Waals surface area contributed by atoms with Crippen molar-refractivity contribution in [3.63, 3.8) is 0 Å². The predicted octanol–water partition coefficient (Wildman–Crippen LogP) is 6.28. The Hall–Kier alpha value is -3.36. The maximum absolute atomic E-state index is 15.2. The topological polar surface area (TPSA) is 0 Å². The van der Waals surface area contributed by atoms with E-state index in [0.717, 1.165) is 45.8 Å². The number of hydrogen-bond acceptors (Lipinski definition) is 0. The van der Waals surface area contributed by atoms with Crippen molar-refractivity contribution in [2.75, 3.05) is 0 Å². The minimum Gasteiger partial charge on any atom is -0.207 e. The Balaban J connectivity index is 1.98. The number of rotatable bonds is 3. The van der Waals surface area contributed by atoms with Crippen LogP contribution in [0.3, 0.4) is 0 Å². The summed E-state index contributed by atoms with van der Waals surface area (Å²) in [6, 6.07) is 23.7. The molecule has 32 heavy (non-hydrogen) atoms. The normalized spacial score (nSPS) is 11.9. The van der Waals surface area contributed by atoms with Crippen molar-refractivity contribution in [1.82, 2.24) is 0 Å². The van der Waals surface area contributed by atoms with Crippen LogP contribution in [0.1, 0.15) is 0 Å². The quantitative estimate of drug-likeness (QED) is 0.173. The van der Waals surface area contributed by atoms with Crippen LogP contribution in [0.2, 0.25) is 0 Å². The maximum atomic E-state index is 15.2. The highest BCUT2D eigenvalue weighted by Crippen LogP contribution is 2.46. The molecule has 0 aliphatic rings. The summed E-state index contributed by atoms with van der Waals surface area (Å²) in [6.45, 7) is -3.22.